The summed E-state index contributed by atoms with van der Waals surface area (Å²) in [6.07, 6.45) is 0. The smallest absolute Gasteiger partial charge is 0.0860 e. The molecule has 0 aromatic rings. The summed E-state index contributed by atoms with van der Waals surface area (Å²) in [5.41, 5.74) is -0.287. The molecule has 0 saturated heterocycles. The van der Waals surface area contributed by atoms with Crippen molar-refractivity contribution < 1.29 is 23.7 Å². The fourth-order valence-electron chi connectivity index (χ4n) is 1.12. The van der Waals surface area contributed by atoms with Crippen molar-refractivity contribution in [2.75, 3.05) is 60.5 Å². The van der Waals surface area contributed by atoms with Crippen molar-refractivity contribution in [3.8, 4) is 0 Å². The van der Waals surface area contributed by atoms with Crippen LogP contribution in [0.25, 0.3) is 0 Å². The average Bonchev–Trinajstić information content (AvgIpc) is 2.28. The van der Waals surface area contributed by atoms with Crippen LogP contribution >= 0.6 is 0 Å². The first-order valence-electron chi connectivity index (χ1n) is 5.89. The maximum absolute atomic E-state index is 5.60. The SMILES string of the molecule is COCCOCCOCC(C)(C)OCCOC. The summed E-state index contributed by atoms with van der Waals surface area (Å²) < 4.78 is 26.1. The van der Waals surface area contributed by atoms with Crippen LogP contribution in [0, 0.1) is 0 Å². The van der Waals surface area contributed by atoms with E-state index in [1.165, 1.54) is 0 Å². The number of ether oxygens (including phenoxy) is 5. The van der Waals surface area contributed by atoms with Crippen molar-refractivity contribution in [3.05, 3.63) is 0 Å². The van der Waals surface area contributed by atoms with Crippen molar-refractivity contribution in [1.29, 1.82) is 0 Å². The Hall–Kier alpha value is -0.200. The second kappa shape index (κ2) is 10.9. The van der Waals surface area contributed by atoms with Crippen LogP contribution in [0.5, 0.6) is 0 Å². The van der Waals surface area contributed by atoms with E-state index in [0.717, 1.165) is 0 Å². The Balaban J connectivity index is 3.32. The van der Waals surface area contributed by atoms with E-state index in [0.29, 0.717) is 46.2 Å². The Morgan fingerprint density at radius 2 is 1.24 bits per heavy atom. The minimum atomic E-state index is -0.287. The molecule has 17 heavy (non-hydrogen) atoms. The van der Waals surface area contributed by atoms with Gasteiger partial charge in [0.2, 0.25) is 0 Å². The van der Waals surface area contributed by atoms with Crippen LogP contribution in [0.15, 0.2) is 0 Å². The molecule has 104 valence electrons. The van der Waals surface area contributed by atoms with Crippen molar-refractivity contribution in [1.82, 2.24) is 0 Å². The summed E-state index contributed by atoms with van der Waals surface area (Å²) in [7, 11) is 3.31. The Bertz CT molecular complexity index is 161. The minimum Gasteiger partial charge on any atom is -0.382 e. The maximum Gasteiger partial charge on any atom is 0.0860 e. The van der Waals surface area contributed by atoms with Gasteiger partial charge in [0.05, 0.1) is 51.8 Å². The summed E-state index contributed by atoms with van der Waals surface area (Å²) >= 11 is 0. The highest BCUT2D eigenvalue weighted by Crippen LogP contribution is 2.09. The predicted octanol–water partition coefficient (Wildman–Crippen LogP) is 1.11. The summed E-state index contributed by atoms with van der Waals surface area (Å²) in [6, 6.07) is 0. The van der Waals surface area contributed by atoms with E-state index in [4.69, 9.17) is 23.7 Å². The molecule has 0 saturated carbocycles. The van der Waals surface area contributed by atoms with Gasteiger partial charge in [-0.2, -0.15) is 0 Å². The minimum absolute atomic E-state index is 0.287. The Morgan fingerprint density at radius 1 is 0.706 bits per heavy atom. The van der Waals surface area contributed by atoms with Gasteiger partial charge in [-0.05, 0) is 13.8 Å². The predicted molar refractivity (Wildman–Crippen MR) is 65.4 cm³/mol. The molecule has 5 nitrogen and oxygen atoms in total. The van der Waals surface area contributed by atoms with Crippen LogP contribution in [-0.4, -0.2) is 66.1 Å². The first-order valence-corrected chi connectivity index (χ1v) is 5.89. The maximum atomic E-state index is 5.60. The largest absolute Gasteiger partial charge is 0.382 e. The van der Waals surface area contributed by atoms with Gasteiger partial charge in [0.25, 0.3) is 0 Å². The molecule has 0 fully saturated rings. The van der Waals surface area contributed by atoms with Crippen LogP contribution < -0.4 is 0 Å². The molecule has 0 rings (SSSR count). The fourth-order valence-corrected chi connectivity index (χ4v) is 1.12. The van der Waals surface area contributed by atoms with E-state index in [-0.39, 0.29) is 5.60 Å². The molecule has 0 aromatic carbocycles. The Kier molecular flexibility index (Phi) is 10.8. The van der Waals surface area contributed by atoms with E-state index >= 15 is 0 Å². The van der Waals surface area contributed by atoms with E-state index in [1.54, 1.807) is 14.2 Å². The third kappa shape index (κ3) is 12.1. The van der Waals surface area contributed by atoms with Crippen LogP contribution in [-0.2, 0) is 23.7 Å². The molecule has 0 radical (unpaired) electrons. The molecule has 5 heteroatoms. The monoisotopic (exact) mass is 250 g/mol. The standard InChI is InChI=1S/C12H26O5/c1-12(2,17-10-6-14-4)11-16-9-8-15-7-5-13-3/h5-11H2,1-4H3. The van der Waals surface area contributed by atoms with Crippen molar-refractivity contribution in [2.45, 2.75) is 19.4 Å². The van der Waals surface area contributed by atoms with Crippen LogP contribution in [0.4, 0.5) is 0 Å². The van der Waals surface area contributed by atoms with Gasteiger partial charge < -0.3 is 23.7 Å². The van der Waals surface area contributed by atoms with Crippen molar-refractivity contribution in [2.24, 2.45) is 0 Å². The first kappa shape index (κ1) is 16.8. The number of rotatable bonds is 12. The number of hydrogen-bond acceptors (Lipinski definition) is 5. The lowest BCUT2D eigenvalue weighted by Crippen LogP contribution is -2.32. The van der Waals surface area contributed by atoms with Crippen LogP contribution in [0.1, 0.15) is 13.8 Å². The zero-order valence-electron chi connectivity index (χ0n) is 11.5. The zero-order chi connectivity index (χ0) is 13.0. The molecule has 0 spiro atoms. The van der Waals surface area contributed by atoms with Gasteiger partial charge in [0.15, 0.2) is 0 Å². The molecule has 0 amide bonds. The van der Waals surface area contributed by atoms with Crippen molar-refractivity contribution >= 4 is 0 Å². The van der Waals surface area contributed by atoms with Gasteiger partial charge >= 0.3 is 0 Å². The van der Waals surface area contributed by atoms with E-state index in [1.807, 2.05) is 13.8 Å². The number of hydrogen-bond donors (Lipinski definition) is 0. The highest BCUT2D eigenvalue weighted by atomic mass is 16.6. The molecule has 0 atom stereocenters. The van der Waals surface area contributed by atoms with Crippen molar-refractivity contribution in [3.63, 3.8) is 0 Å². The fraction of sp³-hybridized carbons (Fsp3) is 1.00. The molecular formula is C12H26O5. The van der Waals surface area contributed by atoms with E-state index in [9.17, 15) is 0 Å². The van der Waals surface area contributed by atoms with E-state index < -0.39 is 0 Å². The lowest BCUT2D eigenvalue weighted by Gasteiger charge is -2.25. The normalized spacial score (nSPS) is 12.0. The average molecular weight is 250 g/mol. The van der Waals surface area contributed by atoms with Crippen LogP contribution in [0.3, 0.4) is 0 Å². The van der Waals surface area contributed by atoms with Gasteiger partial charge in [0, 0.05) is 14.2 Å². The molecule has 0 heterocycles. The van der Waals surface area contributed by atoms with Gasteiger partial charge in [-0.1, -0.05) is 0 Å². The topological polar surface area (TPSA) is 46.2 Å². The molecule has 0 aliphatic rings. The molecule has 0 aromatic heterocycles. The van der Waals surface area contributed by atoms with Gasteiger partial charge in [0.1, 0.15) is 0 Å². The molecule has 0 N–H and O–H groups in total. The Labute approximate surface area is 104 Å². The molecule has 0 bridgehead atoms. The molecule has 0 aliphatic heterocycles. The second-order valence-electron chi connectivity index (χ2n) is 4.26. The second-order valence-corrected chi connectivity index (χ2v) is 4.26. The summed E-state index contributed by atoms with van der Waals surface area (Å²) in [5, 5.41) is 0. The first-order chi connectivity index (χ1) is 8.12. The highest BCUT2D eigenvalue weighted by molar-refractivity contribution is 4.67. The molecule has 0 aliphatic carbocycles. The van der Waals surface area contributed by atoms with Gasteiger partial charge in [-0.15, -0.1) is 0 Å². The molecule has 0 unspecified atom stereocenters. The third-order valence-corrected chi connectivity index (χ3v) is 2.03. The quantitative estimate of drug-likeness (QED) is 0.486. The Morgan fingerprint density at radius 3 is 1.88 bits per heavy atom. The summed E-state index contributed by atoms with van der Waals surface area (Å²) in [6.45, 7) is 8.09. The summed E-state index contributed by atoms with van der Waals surface area (Å²) in [4.78, 5) is 0. The van der Waals surface area contributed by atoms with E-state index in [2.05, 4.69) is 0 Å². The third-order valence-electron chi connectivity index (χ3n) is 2.03. The highest BCUT2D eigenvalue weighted by Gasteiger charge is 2.18. The number of methoxy groups -OCH3 is 2. The van der Waals surface area contributed by atoms with Crippen LogP contribution in [0.2, 0.25) is 0 Å². The lowest BCUT2D eigenvalue weighted by molar-refractivity contribution is -0.0927. The lowest BCUT2D eigenvalue weighted by atomic mass is 10.1. The molecular weight excluding hydrogens is 224 g/mol. The summed E-state index contributed by atoms with van der Waals surface area (Å²) in [5.74, 6) is 0. The van der Waals surface area contributed by atoms with Gasteiger partial charge in [-0.3, -0.25) is 0 Å². The van der Waals surface area contributed by atoms with Gasteiger partial charge in [-0.25, -0.2) is 0 Å². The zero-order valence-corrected chi connectivity index (χ0v) is 11.5.